The van der Waals surface area contributed by atoms with Crippen molar-refractivity contribution in [3.8, 4) is 11.3 Å². The summed E-state index contributed by atoms with van der Waals surface area (Å²) in [5, 5.41) is 6.44. The van der Waals surface area contributed by atoms with Crippen molar-refractivity contribution in [2.24, 2.45) is 0 Å². The molecule has 1 radical (unpaired) electrons. The third kappa shape index (κ3) is 4.24. The van der Waals surface area contributed by atoms with Crippen LogP contribution >= 0.6 is 0 Å². The molecule has 2 nitrogen and oxygen atoms in total. The molecule has 0 fully saturated rings. The van der Waals surface area contributed by atoms with Gasteiger partial charge >= 0.3 is 0 Å². The summed E-state index contributed by atoms with van der Waals surface area (Å²) in [4.78, 5) is 9.03. The molecule has 6 aromatic rings. The number of aromatic nitrogens is 2. The van der Waals surface area contributed by atoms with Crippen LogP contribution in [0.2, 0.25) is 0 Å². The molecule has 0 amide bonds. The number of nitrogens with zero attached hydrogens (tertiary/aromatic N) is 2. The van der Waals surface area contributed by atoms with Crippen molar-refractivity contribution in [1.82, 2.24) is 9.97 Å². The van der Waals surface area contributed by atoms with Crippen molar-refractivity contribution in [3.05, 3.63) is 120 Å². The minimum Gasteiger partial charge on any atom is -0.305 e. The molecule has 0 atom stereocenters. The zero-order valence-corrected chi connectivity index (χ0v) is 24.8. The van der Waals surface area contributed by atoms with Crippen LogP contribution in [0, 0.1) is 12.1 Å². The van der Waals surface area contributed by atoms with Gasteiger partial charge in [-0.05, 0) is 61.5 Å². The fourth-order valence-electron chi connectivity index (χ4n) is 5.60. The standard InChI is InChI=1S/C20H14N.C15H16N.Ir/c1-20(2)15-9-3-6-12-13-8-5-11-21-19(13)14-7-4-10-16(20)18(14)17(12)15;1-15(2,3)13-9-10-16-14(11-13)12-7-5-4-6-8-12;/h3-6,8-11H,1-2H3;4-7,9-11H,1-3H3;/q2*-1;. The smallest absolute Gasteiger partial charge is 0.0163 e. The molecule has 191 valence electrons. The van der Waals surface area contributed by atoms with Crippen LogP contribution in [-0.2, 0) is 30.9 Å². The average molecular weight is 671 g/mol. The molecule has 0 saturated carbocycles. The van der Waals surface area contributed by atoms with Crippen molar-refractivity contribution < 1.29 is 20.1 Å². The zero-order valence-electron chi connectivity index (χ0n) is 22.4. The van der Waals surface area contributed by atoms with E-state index in [1.54, 1.807) is 0 Å². The van der Waals surface area contributed by atoms with E-state index in [9.17, 15) is 0 Å². The Labute approximate surface area is 238 Å². The van der Waals surface area contributed by atoms with Gasteiger partial charge in [0.05, 0.1) is 0 Å². The van der Waals surface area contributed by atoms with E-state index >= 15 is 0 Å². The summed E-state index contributed by atoms with van der Waals surface area (Å²) in [5.74, 6) is 0. The molecule has 2 heterocycles. The first-order valence-corrected chi connectivity index (χ1v) is 12.9. The summed E-state index contributed by atoms with van der Waals surface area (Å²) in [6.07, 6.45) is 3.75. The molecule has 0 aliphatic heterocycles. The molecular weight excluding hydrogens is 641 g/mol. The molecule has 0 unspecified atom stereocenters. The SMILES string of the molecule is CC(C)(C)c1ccnc(-c2[c-]cccc2)c1.CC1(C)c2cc[c-]c3c4ncccc4c4cccc1c4c23.[Ir]. The van der Waals surface area contributed by atoms with Crippen molar-refractivity contribution in [2.45, 2.75) is 45.4 Å². The van der Waals surface area contributed by atoms with E-state index in [1.807, 2.05) is 48.8 Å². The van der Waals surface area contributed by atoms with Crippen molar-refractivity contribution in [2.75, 3.05) is 0 Å². The molecule has 38 heavy (non-hydrogen) atoms. The van der Waals surface area contributed by atoms with Crippen LogP contribution in [-0.4, -0.2) is 9.97 Å². The van der Waals surface area contributed by atoms with Crippen LogP contribution in [0.25, 0.3) is 43.7 Å². The van der Waals surface area contributed by atoms with Crippen LogP contribution in [0.5, 0.6) is 0 Å². The molecular formula is C35H30IrN2-2. The van der Waals surface area contributed by atoms with Crippen molar-refractivity contribution in [3.63, 3.8) is 0 Å². The van der Waals surface area contributed by atoms with E-state index in [-0.39, 0.29) is 30.9 Å². The van der Waals surface area contributed by atoms with Gasteiger partial charge < -0.3 is 9.97 Å². The van der Waals surface area contributed by atoms with Gasteiger partial charge in [0.25, 0.3) is 0 Å². The van der Waals surface area contributed by atoms with E-state index < -0.39 is 0 Å². The molecule has 1 aliphatic rings. The van der Waals surface area contributed by atoms with Gasteiger partial charge in [-0.15, -0.1) is 65.0 Å². The second kappa shape index (κ2) is 9.73. The monoisotopic (exact) mass is 671 g/mol. The number of fused-ring (bicyclic) bond motifs is 3. The van der Waals surface area contributed by atoms with E-state index in [2.05, 4.69) is 99.2 Å². The number of benzene rings is 4. The molecule has 7 rings (SSSR count). The molecule has 3 heteroatoms. The number of hydrogen-bond acceptors (Lipinski definition) is 2. The first kappa shape index (κ1) is 26.2. The van der Waals surface area contributed by atoms with E-state index in [0.29, 0.717) is 0 Å². The van der Waals surface area contributed by atoms with Gasteiger partial charge in [-0.3, -0.25) is 0 Å². The maximum atomic E-state index is 4.64. The first-order chi connectivity index (χ1) is 17.8. The Bertz CT molecular complexity index is 1700. The second-order valence-corrected chi connectivity index (χ2v) is 11.4. The number of rotatable bonds is 1. The van der Waals surface area contributed by atoms with Crippen LogP contribution in [0.3, 0.4) is 0 Å². The van der Waals surface area contributed by atoms with E-state index in [4.69, 9.17) is 0 Å². The van der Waals surface area contributed by atoms with Crippen LogP contribution in [0.15, 0.2) is 91.3 Å². The minimum atomic E-state index is 0. The minimum absolute atomic E-state index is 0. The summed E-state index contributed by atoms with van der Waals surface area (Å²) < 4.78 is 0. The Hall–Kier alpha value is -3.39. The van der Waals surface area contributed by atoms with Gasteiger partial charge in [-0.2, -0.15) is 0 Å². The Kier molecular flexibility index (Phi) is 6.71. The fourth-order valence-corrected chi connectivity index (χ4v) is 5.60. The van der Waals surface area contributed by atoms with Gasteiger partial charge in [0, 0.05) is 32.5 Å². The fraction of sp³-hybridized carbons (Fsp3) is 0.200. The molecule has 0 saturated heterocycles. The van der Waals surface area contributed by atoms with Crippen LogP contribution in [0.4, 0.5) is 0 Å². The van der Waals surface area contributed by atoms with Crippen molar-refractivity contribution in [1.29, 1.82) is 0 Å². The third-order valence-corrected chi connectivity index (χ3v) is 7.60. The largest absolute Gasteiger partial charge is 0.305 e. The first-order valence-electron chi connectivity index (χ1n) is 12.9. The Morgan fingerprint density at radius 3 is 2.26 bits per heavy atom. The third-order valence-electron chi connectivity index (χ3n) is 7.60. The van der Waals surface area contributed by atoms with E-state index in [1.165, 1.54) is 38.2 Å². The number of hydrogen-bond donors (Lipinski definition) is 0. The molecule has 0 spiro atoms. The molecule has 2 aromatic heterocycles. The predicted molar refractivity (Wildman–Crippen MR) is 155 cm³/mol. The summed E-state index contributed by atoms with van der Waals surface area (Å²) >= 11 is 0. The maximum absolute atomic E-state index is 4.64. The number of pyridine rings is 2. The maximum Gasteiger partial charge on any atom is 0.0163 e. The molecule has 0 bridgehead atoms. The average Bonchev–Trinajstić information content (AvgIpc) is 3.16. The Morgan fingerprint density at radius 2 is 1.50 bits per heavy atom. The van der Waals surface area contributed by atoms with Gasteiger partial charge in [-0.25, -0.2) is 0 Å². The normalized spacial score (nSPS) is 13.4. The van der Waals surface area contributed by atoms with Crippen LogP contribution < -0.4 is 0 Å². The molecule has 4 aromatic carbocycles. The summed E-state index contributed by atoms with van der Waals surface area (Å²) in [6, 6.07) is 33.9. The second-order valence-electron chi connectivity index (χ2n) is 11.4. The van der Waals surface area contributed by atoms with Gasteiger partial charge in [0.15, 0.2) is 0 Å². The zero-order chi connectivity index (χ0) is 25.8. The van der Waals surface area contributed by atoms with E-state index in [0.717, 1.165) is 22.2 Å². The van der Waals surface area contributed by atoms with Gasteiger partial charge in [0.2, 0.25) is 0 Å². The topological polar surface area (TPSA) is 25.8 Å². The summed E-state index contributed by atoms with van der Waals surface area (Å²) in [5.41, 5.74) is 7.44. The van der Waals surface area contributed by atoms with Gasteiger partial charge in [0.1, 0.15) is 0 Å². The Balaban J connectivity index is 0.000000157. The quantitative estimate of drug-likeness (QED) is 0.129. The van der Waals surface area contributed by atoms with Crippen LogP contribution in [0.1, 0.15) is 51.3 Å². The molecule has 0 N–H and O–H groups in total. The Morgan fingerprint density at radius 1 is 0.711 bits per heavy atom. The molecule has 1 aliphatic carbocycles. The van der Waals surface area contributed by atoms with Crippen molar-refractivity contribution >= 4 is 32.4 Å². The summed E-state index contributed by atoms with van der Waals surface area (Å²) in [7, 11) is 0. The summed E-state index contributed by atoms with van der Waals surface area (Å²) in [6.45, 7) is 11.3. The van der Waals surface area contributed by atoms with Gasteiger partial charge in [-0.1, -0.05) is 70.3 Å². The predicted octanol–water partition coefficient (Wildman–Crippen LogP) is 8.82.